The first-order chi connectivity index (χ1) is 15.3. The number of nitrogens with one attached hydrogen (secondary N) is 1. The van der Waals surface area contributed by atoms with Crippen molar-refractivity contribution in [3.8, 4) is 0 Å². The van der Waals surface area contributed by atoms with Crippen molar-refractivity contribution in [2.24, 2.45) is 0 Å². The Morgan fingerprint density at radius 1 is 1.10 bits per heavy atom. The van der Waals surface area contributed by atoms with Gasteiger partial charge >= 0.3 is 0 Å². The Labute approximate surface area is 181 Å². The smallest absolute Gasteiger partial charge is 0.214 e. The number of benzene rings is 1. The van der Waals surface area contributed by atoms with Crippen molar-refractivity contribution in [1.82, 2.24) is 20.2 Å². The van der Waals surface area contributed by atoms with Gasteiger partial charge < -0.3 is 14.1 Å². The van der Waals surface area contributed by atoms with E-state index < -0.39 is 0 Å². The van der Waals surface area contributed by atoms with Gasteiger partial charge in [0.15, 0.2) is 11.8 Å². The fraction of sp³-hybridized carbons (Fsp3) is 0.522. The molecule has 164 valence electrons. The van der Waals surface area contributed by atoms with Crippen molar-refractivity contribution in [2.75, 3.05) is 13.2 Å². The molecule has 1 aliphatic carbocycles. The molecule has 5 rings (SSSR count). The van der Waals surface area contributed by atoms with Crippen molar-refractivity contribution in [3.63, 3.8) is 0 Å². The van der Waals surface area contributed by atoms with Crippen LogP contribution in [0, 0.1) is 5.82 Å². The van der Waals surface area contributed by atoms with Crippen LogP contribution in [0.2, 0.25) is 0 Å². The lowest BCUT2D eigenvalue weighted by Crippen LogP contribution is -3.12. The van der Waals surface area contributed by atoms with Gasteiger partial charge in [-0.2, -0.15) is 0 Å². The minimum absolute atomic E-state index is 0.148. The van der Waals surface area contributed by atoms with E-state index in [9.17, 15) is 4.39 Å². The average molecular weight is 427 g/mol. The Hall–Kier alpha value is -2.58. The van der Waals surface area contributed by atoms with Gasteiger partial charge in [0, 0.05) is 12.2 Å². The molecule has 8 heteroatoms. The number of halogens is 1. The van der Waals surface area contributed by atoms with Crippen LogP contribution in [0.1, 0.15) is 67.8 Å². The number of nitrogens with zero attached hydrogens (tertiary/aromatic N) is 4. The van der Waals surface area contributed by atoms with E-state index in [1.807, 2.05) is 28.9 Å². The first kappa shape index (κ1) is 20.3. The highest BCUT2D eigenvalue weighted by Gasteiger charge is 2.36. The maximum absolute atomic E-state index is 13.8. The fourth-order valence-corrected chi connectivity index (χ4v) is 5.05. The van der Waals surface area contributed by atoms with Gasteiger partial charge in [0.1, 0.15) is 25.0 Å². The van der Waals surface area contributed by atoms with Gasteiger partial charge in [-0.3, -0.25) is 0 Å². The number of ether oxygens (including phenoxy) is 1. The van der Waals surface area contributed by atoms with Crippen LogP contribution < -0.4 is 4.90 Å². The van der Waals surface area contributed by atoms with E-state index >= 15 is 0 Å². The zero-order chi connectivity index (χ0) is 21.0. The summed E-state index contributed by atoms with van der Waals surface area (Å²) in [4.78, 5) is 1.24. The normalized spacial score (nSPS) is 21.5. The van der Waals surface area contributed by atoms with Crippen molar-refractivity contribution >= 4 is 0 Å². The summed E-state index contributed by atoms with van der Waals surface area (Å²) in [6.45, 7) is 2.28. The van der Waals surface area contributed by atoms with Crippen LogP contribution in [0.4, 0.5) is 4.39 Å². The van der Waals surface area contributed by atoms with Gasteiger partial charge in [-0.05, 0) is 72.5 Å². The molecule has 3 atom stereocenters. The zero-order valence-electron chi connectivity index (χ0n) is 17.6. The Morgan fingerprint density at radius 3 is 2.65 bits per heavy atom. The maximum atomic E-state index is 13.8. The highest BCUT2D eigenvalue weighted by atomic mass is 19.1. The third-order valence-electron chi connectivity index (χ3n) is 6.55. The predicted octanol–water partition coefficient (Wildman–Crippen LogP) is 2.87. The molecule has 31 heavy (non-hydrogen) atoms. The molecular weight excluding hydrogens is 397 g/mol. The molecule has 3 heterocycles. The van der Waals surface area contributed by atoms with Gasteiger partial charge in [-0.25, -0.2) is 9.07 Å². The van der Waals surface area contributed by atoms with Gasteiger partial charge in [0.05, 0.1) is 12.3 Å². The quantitative estimate of drug-likeness (QED) is 0.600. The molecule has 0 radical (unpaired) electrons. The highest BCUT2D eigenvalue weighted by molar-refractivity contribution is 5.23. The Balaban J connectivity index is 1.55. The SMILES string of the molecule is Fc1ccc([C@@H](c2nnnn2C2CCCC2)[NH+](Cc2ccco2)C[C@@H]2CCCO2)cc1. The summed E-state index contributed by atoms with van der Waals surface area (Å²) < 4.78 is 27.5. The van der Waals surface area contributed by atoms with Crippen LogP contribution in [0.15, 0.2) is 47.1 Å². The molecule has 1 aliphatic heterocycles. The Kier molecular flexibility index (Phi) is 6.08. The molecule has 1 saturated carbocycles. The number of tetrazole rings is 1. The summed E-state index contributed by atoms with van der Waals surface area (Å²) in [7, 11) is 0. The molecule has 2 fully saturated rings. The number of aromatic nitrogens is 4. The number of rotatable bonds is 8. The molecular formula is C23H29FN5O2+. The van der Waals surface area contributed by atoms with Crippen molar-refractivity contribution < 1.29 is 18.4 Å². The molecule has 3 aromatic rings. The lowest BCUT2D eigenvalue weighted by molar-refractivity contribution is -0.943. The molecule has 2 aliphatic rings. The van der Waals surface area contributed by atoms with Gasteiger partial charge in [-0.1, -0.05) is 12.8 Å². The third-order valence-corrected chi connectivity index (χ3v) is 6.55. The van der Waals surface area contributed by atoms with E-state index in [1.165, 1.54) is 29.9 Å². The minimum atomic E-state index is -0.246. The van der Waals surface area contributed by atoms with E-state index in [0.29, 0.717) is 12.6 Å². The zero-order valence-corrected chi connectivity index (χ0v) is 17.6. The summed E-state index contributed by atoms with van der Waals surface area (Å²) >= 11 is 0. The van der Waals surface area contributed by atoms with Crippen molar-refractivity contribution in [1.29, 1.82) is 0 Å². The molecule has 1 aromatic carbocycles. The molecule has 1 N–H and O–H groups in total. The largest absolute Gasteiger partial charge is 0.463 e. The molecule has 7 nitrogen and oxygen atoms in total. The van der Waals surface area contributed by atoms with Crippen LogP contribution in [-0.4, -0.2) is 39.5 Å². The van der Waals surface area contributed by atoms with E-state index in [-0.39, 0.29) is 18.0 Å². The first-order valence-electron chi connectivity index (χ1n) is 11.3. The number of hydrogen-bond acceptors (Lipinski definition) is 5. The lowest BCUT2D eigenvalue weighted by atomic mass is 10.0. The molecule has 0 amide bonds. The molecule has 0 spiro atoms. The molecule has 1 unspecified atom stereocenters. The number of quaternary nitrogens is 1. The minimum Gasteiger partial charge on any atom is -0.463 e. The molecule has 0 bridgehead atoms. The van der Waals surface area contributed by atoms with Gasteiger partial charge in [0.2, 0.25) is 5.82 Å². The summed E-state index contributed by atoms with van der Waals surface area (Å²) in [6.07, 6.45) is 8.60. The van der Waals surface area contributed by atoms with E-state index in [4.69, 9.17) is 9.15 Å². The fourth-order valence-electron chi connectivity index (χ4n) is 5.05. The number of hydrogen-bond donors (Lipinski definition) is 1. The Bertz CT molecular complexity index is 947. The maximum Gasteiger partial charge on any atom is 0.214 e. The summed E-state index contributed by atoms with van der Waals surface area (Å²) in [5, 5.41) is 13.0. The predicted molar refractivity (Wildman–Crippen MR) is 111 cm³/mol. The first-order valence-corrected chi connectivity index (χ1v) is 11.3. The van der Waals surface area contributed by atoms with Crippen molar-refractivity contribution in [3.05, 3.63) is 65.6 Å². The topological polar surface area (TPSA) is 70.4 Å². The Morgan fingerprint density at radius 2 is 1.94 bits per heavy atom. The summed E-state index contributed by atoms with van der Waals surface area (Å²) in [5.74, 6) is 1.49. The van der Waals surface area contributed by atoms with Crippen LogP contribution >= 0.6 is 0 Å². The second-order valence-electron chi connectivity index (χ2n) is 8.66. The van der Waals surface area contributed by atoms with Crippen LogP contribution in [-0.2, 0) is 11.3 Å². The van der Waals surface area contributed by atoms with Crippen LogP contribution in [0.3, 0.4) is 0 Å². The standard InChI is InChI=1S/C23H28FN5O2/c24-18-11-9-17(10-12-18)22(23-25-26-27-29(23)19-5-1-2-6-19)28(15-20-7-3-13-30-20)16-21-8-4-14-31-21/h3,7,9-13,19,21-22H,1-2,4-6,8,14-16H2/p+1/t21-,22-/m0/s1. The van der Waals surface area contributed by atoms with Gasteiger partial charge in [0.25, 0.3) is 0 Å². The van der Waals surface area contributed by atoms with Crippen LogP contribution in [0.25, 0.3) is 0 Å². The average Bonchev–Trinajstić information content (AvgIpc) is 3.57. The molecule has 1 saturated heterocycles. The number of furan rings is 1. The summed E-state index contributed by atoms with van der Waals surface area (Å²) in [5.41, 5.74) is 0.995. The second kappa shape index (κ2) is 9.28. The van der Waals surface area contributed by atoms with E-state index in [0.717, 1.165) is 56.0 Å². The van der Waals surface area contributed by atoms with E-state index in [1.54, 1.807) is 6.26 Å². The molecule has 2 aromatic heterocycles. The van der Waals surface area contributed by atoms with Gasteiger partial charge in [-0.15, -0.1) is 5.10 Å². The summed E-state index contributed by atoms with van der Waals surface area (Å²) in [6, 6.07) is 10.8. The lowest BCUT2D eigenvalue weighted by Gasteiger charge is -2.30. The second-order valence-corrected chi connectivity index (χ2v) is 8.66. The highest BCUT2D eigenvalue weighted by Crippen LogP contribution is 2.31. The monoisotopic (exact) mass is 426 g/mol. The third kappa shape index (κ3) is 4.55. The van der Waals surface area contributed by atoms with Crippen molar-refractivity contribution in [2.45, 2.75) is 63.3 Å². The van der Waals surface area contributed by atoms with Crippen LogP contribution in [0.5, 0.6) is 0 Å². The van der Waals surface area contributed by atoms with E-state index in [2.05, 4.69) is 15.5 Å².